The van der Waals surface area contributed by atoms with Gasteiger partial charge in [0.15, 0.2) is 0 Å². The Bertz CT molecular complexity index is 701. The molecule has 132 valence electrons. The summed E-state index contributed by atoms with van der Waals surface area (Å²) in [5, 5.41) is 3.09. The highest BCUT2D eigenvalue weighted by molar-refractivity contribution is 5.79. The van der Waals surface area contributed by atoms with Gasteiger partial charge in [-0.2, -0.15) is 0 Å². The molecule has 1 fully saturated rings. The fourth-order valence-corrected chi connectivity index (χ4v) is 3.10. The highest BCUT2D eigenvalue weighted by Gasteiger charge is 2.24. The van der Waals surface area contributed by atoms with Gasteiger partial charge in [0.25, 0.3) is 0 Å². The molecule has 2 aromatic rings. The molecule has 25 heavy (non-hydrogen) atoms. The van der Waals surface area contributed by atoms with Crippen LogP contribution in [0.1, 0.15) is 18.9 Å². The fraction of sp³-hybridized carbons (Fsp3) is 0.350. The average Bonchev–Trinajstić information content (AvgIpc) is 3.06. The number of hydrogen-bond acceptors (Lipinski definition) is 3. The zero-order valence-electron chi connectivity index (χ0n) is 14.4. The normalized spacial score (nSPS) is 16.7. The van der Waals surface area contributed by atoms with E-state index in [0.717, 1.165) is 36.5 Å². The second-order valence-electron chi connectivity index (χ2n) is 6.23. The lowest BCUT2D eigenvalue weighted by Crippen LogP contribution is -2.37. The van der Waals surface area contributed by atoms with Crippen molar-refractivity contribution in [2.75, 3.05) is 24.6 Å². The molecule has 0 radical (unpaired) electrons. The van der Waals surface area contributed by atoms with E-state index in [9.17, 15) is 9.18 Å². The molecule has 1 saturated heterocycles. The van der Waals surface area contributed by atoms with E-state index in [0.29, 0.717) is 13.0 Å². The molecule has 0 aliphatic carbocycles. The highest BCUT2D eigenvalue weighted by Crippen LogP contribution is 2.20. The first-order chi connectivity index (χ1) is 12.1. The molecule has 0 bridgehead atoms. The second-order valence-corrected chi connectivity index (χ2v) is 6.23. The Morgan fingerprint density at radius 3 is 2.60 bits per heavy atom. The first-order valence-electron chi connectivity index (χ1n) is 8.65. The topological polar surface area (TPSA) is 41.6 Å². The summed E-state index contributed by atoms with van der Waals surface area (Å²) in [5.74, 6) is 0.607. The van der Waals surface area contributed by atoms with Crippen LogP contribution in [0.3, 0.4) is 0 Å². The first-order valence-corrected chi connectivity index (χ1v) is 8.65. The monoisotopic (exact) mass is 342 g/mol. The van der Waals surface area contributed by atoms with E-state index in [-0.39, 0.29) is 17.8 Å². The third kappa shape index (κ3) is 4.72. The summed E-state index contributed by atoms with van der Waals surface area (Å²) >= 11 is 0. The maximum Gasteiger partial charge on any atom is 0.224 e. The maximum atomic E-state index is 13.0. The number of ether oxygens (including phenoxy) is 1. The number of anilines is 1. The van der Waals surface area contributed by atoms with Crippen LogP contribution in [0.4, 0.5) is 10.1 Å². The average molecular weight is 342 g/mol. The molecule has 0 saturated carbocycles. The van der Waals surface area contributed by atoms with Crippen molar-refractivity contribution < 1.29 is 13.9 Å². The summed E-state index contributed by atoms with van der Waals surface area (Å²) < 4.78 is 18.4. The van der Waals surface area contributed by atoms with E-state index >= 15 is 0 Å². The van der Waals surface area contributed by atoms with E-state index < -0.39 is 0 Å². The Kier molecular flexibility index (Phi) is 5.53. The lowest BCUT2D eigenvalue weighted by molar-refractivity contribution is -0.121. The van der Waals surface area contributed by atoms with Gasteiger partial charge in [0.1, 0.15) is 11.6 Å². The molecule has 0 aromatic heterocycles. The van der Waals surface area contributed by atoms with Crippen LogP contribution in [0.5, 0.6) is 5.75 Å². The molecule has 1 heterocycles. The number of hydrogen-bond donors (Lipinski definition) is 1. The zero-order valence-corrected chi connectivity index (χ0v) is 14.4. The largest absolute Gasteiger partial charge is 0.494 e. The summed E-state index contributed by atoms with van der Waals surface area (Å²) in [4.78, 5) is 14.4. The number of halogens is 1. The van der Waals surface area contributed by atoms with Gasteiger partial charge in [0.05, 0.1) is 13.0 Å². The molecule has 1 aliphatic heterocycles. The van der Waals surface area contributed by atoms with Gasteiger partial charge in [0.2, 0.25) is 5.91 Å². The van der Waals surface area contributed by atoms with E-state index in [1.807, 2.05) is 31.2 Å². The number of carbonyl (C=O) groups is 1. The lowest BCUT2D eigenvalue weighted by atomic mass is 10.1. The molecule has 2 aromatic carbocycles. The third-order valence-electron chi connectivity index (χ3n) is 4.34. The Balaban J connectivity index is 1.49. The van der Waals surface area contributed by atoms with Gasteiger partial charge in [0, 0.05) is 24.8 Å². The van der Waals surface area contributed by atoms with Crippen molar-refractivity contribution in [2.24, 2.45) is 0 Å². The molecule has 5 heteroatoms. The van der Waals surface area contributed by atoms with Gasteiger partial charge in [-0.15, -0.1) is 0 Å². The van der Waals surface area contributed by atoms with Crippen molar-refractivity contribution in [3.05, 3.63) is 59.9 Å². The van der Waals surface area contributed by atoms with Crippen LogP contribution in [-0.2, 0) is 11.2 Å². The van der Waals surface area contributed by atoms with Crippen molar-refractivity contribution in [1.82, 2.24) is 5.32 Å². The number of carbonyl (C=O) groups excluding carboxylic acids is 1. The number of nitrogens with one attached hydrogen (secondary N) is 1. The number of nitrogens with zero attached hydrogens (tertiary/aromatic N) is 1. The minimum absolute atomic E-state index is 0.0233. The number of benzene rings is 2. The van der Waals surface area contributed by atoms with E-state index in [2.05, 4.69) is 10.2 Å². The molecule has 1 N–H and O–H groups in total. The quantitative estimate of drug-likeness (QED) is 0.877. The van der Waals surface area contributed by atoms with E-state index in [1.54, 1.807) is 12.1 Å². The second kappa shape index (κ2) is 8.01. The summed E-state index contributed by atoms with van der Waals surface area (Å²) in [5.41, 5.74) is 1.96. The Hall–Kier alpha value is -2.56. The summed E-state index contributed by atoms with van der Waals surface area (Å²) in [6.45, 7) is 4.19. The van der Waals surface area contributed by atoms with Gasteiger partial charge in [-0.05, 0) is 55.3 Å². The smallest absolute Gasteiger partial charge is 0.224 e. The molecule has 1 unspecified atom stereocenters. The minimum atomic E-state index is -0.233. The first kappa shape index (κ1) is 17.3. The van der Waals surface area contributed by atoms with Crippen LogP contribution < -0.4 is 15.0 Å². The number of rotatable bonds is 6. The van der Waals surface area contributed by atoms with Gasteiger partial charge >= 0.3 is 0 Å². The standard InChI is InChI=1S/C20H23FN2O2/c1-2-25-19-9-3-15(4-10-19)13-20(24)22-17-11-12-23(14-17)18-7-5-16(21)6-8-18/h3-10,17H,2,11-14H2,1H3,(H,22,24). The van der Waals surface area contributed by atoms with Gasteiger partial charge in [-0.25, -0.2) is 4.39 Å². The summed E-state index contributed by atoms with van der Waals surface area (Å²) in [6.07, 6.45) is 1.26. The minimum Gasteiger partial charge on any atom is -0.494 e. The van der Waals surface area contributed by atoms with Crippen LogP contribution in [0, 0.1) is 5.82 Å². The molecule has 0 spiro atoms. The summed E-state index contributed by atoms with van der Waals surface area (Å²) in [7, 11) is 0. The van der Waals surface area contributed by atoms with Crippen LogP contribution in [0.25, 0.3) is 0 Å². The Morgan fingerprint density at radius 1 is 1.20 bits per heavy atom. The van der Waals surface area contributed by atoms with E-state index in [1.165, 1.54) is 12.1 Å². The SMILES string of the molecule is CCOc1ccc(CC(=O)NC2CCN(c3ccc(F)cc3)C2)cc1. The van der Waals surface area contributed by atoms with Gasteiger partial charge in [-0.3, -0.25) is 4.79 Å². The number of amides is 1. The Morgan fingerprint density at radius 2 is 1.92 bits per heavy atom. The van der Waals surface area contributed by atoms with Gasteiger partial charge < -0.3 is 15.0 Å². The van der Waals surface area contributed by atoms with Crippen LogP contribution >= 0.6 is 0 Å². The van der Waals surface area contributed by atoms with Crippen molar-refractivity contribution in [2.45, 2.75) is 25.8 Å². The summed E-state index contributed by atoms with van der Waals surface area (Å²) in [6, 6.07) is 14.2. The predicted octanol–water partition coefficient (Wildman–Crippen LogP) is 3.16. The highest BCUT2D eigenvalue weighted by atomic mass is 19.1. The predicted molar refractivity (Wildman–Crippen MR) is 96.5 cm³/mol. The lowest BCUT2D eigenvalue weighted by Gasteiger charge is -2.19. The molecule has 1 atom stereocenters. The van der Waals surface area contributed by atoms with Gasteiger partial charge in [-0.1, -0.05) is 12.1 Å². The molecule has 4 nitrogen and oxygen atoms in total. The molecule has 1 aliphatic rings. The zero-order chi connectivity index (χ0) is 17.6. The van der Waals surface area contributed by atoms with Crippen molar-refractivity contribution >= 4 is 11.6 Å². The molecular formula is C20H23FN2O2. The fourth-order valence-electron chi connectivity index (χ4n) is 3.10. The van der Waals surface area contributed by atoms with Crippen molar-refractivity contribution in [3.63, 3.8) is 0 Å². The van der Waals surface area contributed by atoms with Crippen LogP contribution in [-0.4, -0.2) is 31.6 Å². The van der Waals surface area contributed by atoms with Crippen molar-refractivity contribution in [1.29, 1.82) is 0 Å². The van der Waals surface area contributed by atoms with E-state index in [4.69, 9.17) is 4.74 Å². The Labute approximate surface area is 147 Å². The molecule has 3 rings (SSSR count). The maximum absolute atomic E-state index is 13.0. The third-order valence-corrected chi connectivity index (χ3v) is 4.34. The van der Waals surface area contributed by atoms with Crippen LogP contribution in [0.15, 0.2) is 48.5 Å². The van der Waals surface area contributed by atoms with Crippen molar-refractivity contribution in [3.8, 4) is 5.75 Å². The molecular weight excluding hydrogens is 319 g/mol. The van der Waals surface area contributed by atoms with Crippen LogP contribution in [0.2, 0.25) is 0 Å². The molecule has 1 amide bonds.